The minimum atomic E-state index is -0.572. The van der Waals surface area contributed by atoms with E-state index in [1.54, 1.807) is 36.4 Å². The van der Waals surface area contributed by atoms with Crippen molar-refractivity contribution in [2.24, 2.45) is 11.8 Å². The van der Waals surface area contributed by atoms with Crippen molar-refractivity contribution in [3.05, 3.63) is 72.8 Å². The molecule has 178 valence electrons. The van der Waals surface area contributed by atoms with Gasteiger partial charge in [0.2, 0.25) is 0 Å². The molecule has 0 amide bonds. The van der Waals surface area contributed by atoms with E-state index in [-0.39, 0.29) is 37.0 Å². The van der Waals surface area contributed by atoms with Crippen LogP contribution in [0.2, 0.25) is 0 Å². The highest BCUT2D eigenvalue weighted by atomic mass is 16.6. The maximum Gasteiger partial charge on any atom is 0.343 e. The standard InChI is InChI=1S/C26H26O8/c1-2-23(27)31-16-17-32-24(28)18-8-10-19(11-9-18)25(29)34-22-14-12-20(13-15-22)26(30)33-21-6-4-3-5-7-21/h2-7,12-15,18-19H,1,8-11,16-17H2. The molecule has 3 rings (SSSR count). The molecule has 0 aliphatic heterocycles. The lowest BCUT2D eigenvalue weighted by Gasteiger charge is -2.25. The topological polar surface area (TPSA) is 105 Å². The average molecular weight is 466 g/mol. The van der Waals surface area contributed by atoms with Crippen LogP contribution >= 0.6 is 0 Å². The summed E-state index contributed by atoms with van der Waals surface area (Å²) in [5.74, 6) is -1.66. The van der Waals surface area contributed by atoms with Crippen molar-refractivity contribution in [3.8, 4) is 11.5 Å². The molecule has 0 spiro atoms. The highest BCUT2D eigenvalue weighted by molar-refractivity contribution is 5.91. The zero-order valence-electron chi connectivity index (χ0n) is 18.6. The first-order chi connectivity index (χ1) is 16.5. The van der Waals surface area contributed by atoms with Crippen LogP contribution in [0.25, 0.3) is 0 Å². The van der Waals surface area contributed by atoms with Crippen molar-refractivity contribution in [1.29, 1.82) is 0 Å². The third-order valence-electron chi connectivity index (χ3n) is 5.39. The van der Waals surface area contributed by atoms with Gasteiger partial charge in [-0.15, -0.1) is 0 Å². The molecule has 0 atom stereocenters. The third kappa shape index (κ3) is 7.30. The van der Waals surface area contributed by atoms with E-state index in [1.807, 2.05) is 6.07 Å². The fourth-order valence-corrected chi connectivity index (χ4v) is 3.54. The number of esters is 4. The summed E-state index contributed by atoms with van der Waals surface area (Å²) in [5.41, 5.74) is 0.335. The van der Waals surface area contributed by atoms with Crippen LogP contribution < -0.4 is 9.47 Å². The van der Waals surface area contributed by atoms with E-state index < -0.39 is 11.9 Å². The molecule has 0 unspecified atom stereocenters. The van der Waals surface area contributed by atoms with Crippen molar-refractivity contribution in [1.82, 2.24) is 0 Å². The van der Waals surface area contributed by atoms with Crippen LogP contribution in [-0.4, -0.2) is 37.1 Å². The molecule has 8 nitrogen and oxygen atoms in total. The molecular weight excluding hydrogens is 440 g/mol. The van der Waals surface area contributed by atoms with Crippen molar-refractivity contribution in [2.45, 2.75) is 25.7 Å². The molecule has 0 heterocycles. The van der Waals surface area contributed by atoms with Crippen molar-refractivity contribution < 1.29 is 38.1 Å². The first-order valence-electron chi connectivity index (χ1n) is 11.0. The summed E-state index contributed by atoms with van der Waals surface area (Å²) in [7, 11) is 0. The van der Waals surface area contributed by atoms with Crippen molar-refractivity contribution in [2.75, 3.05) is 13.2 Å². The molecular formula is C26H26O8. The summed E-state index contributed by atoms with van der Waals surface area (Å²) in [6.45, 7) is 3.24. The van der Waals surface area contributed by atoms with Gasteiger partial charge in [-0.3, -0.25) is 9.59 Å². The average Bonchev–Trinajstić information content (AvgIpc) is 2.87. The molecule has 0 saturated heterocycles. The lowest BCUT2D eigenvalue weighted by Crippen LogP contribution is -2.30. The molecule has 1 aliphatic rings. The zero-order valence-corrected chi connectivity index (χ0v) is 18.6. The monoisotopic (exact) mass is 466 g/mol. The van der Waals surface area contributed by atoms with Gasteiger partial charge in [0.15, 0.2) is 0 Å². The molecule has 34 heavy (non-hydrogen) atoms. The Morgan fingerprint density at radius 1 is 0.735 bits per heavy atom. The van der Waals surface area contributed by atoms with E-state index in [1.165, 1.54) is 12.1 Å². The Morgan fingerprint density at radius 3 is 1.91 bits per heavy atom. The number of carbonyl (C=O) groups excluding carboxylic acids is 4. The number of hydrogen-bond donors (Lipinski definition) is 0. The molecule has 2 aromatic rings. The molecule has 0 aromatic heterocycles. The molecule has 2 aromatic carbocycles. The van der Waals surface area contributed by atoms with Crippen LogP contribution in [0, 0.1) is 11.8 Å². The Morgan fingerprint density at radius 2 is 1.29 bits per heavy atom. The second-order valence-electron chi connectivity index (χ2n) is 7.74. The van der Waals surface area contributed by atoms with E-state index in [0.717, 1.165) is 6.08 Å². The van der Waals surface area contributed by atoms with Gasteiger partial charge < -0.3 is 18.9 Å². The predicted molar refractivity (Wildman–Crippen MR) is 121 cm³/mol. The minimum Gasteiger partial charge on any atom is -0.462 e. The van der Waals surface area contributed by atoms with Crippen LogP contribution in [0.3, 0.4) is 0 Å². The summed E-state index contributed by atoms with van der Waals surface area (Å²) in [5, 5.41) is 0. The van der Waals surface area contributed by atoms with Gasteiger partial charge in [-0.1, -0.05) is 24.8 Å². The number of para-hydroxylation sites is 1. The van der Waals surface area contributed by atoms with E-state index in [2.05, 4.69) is 6.58 Å². The van der Waals surface area contributed by atoms with Gasteiger partial charge in [0.25, 0.3) is 0 Å². The molecule has 0 bridgehead atoms. The third-order valence-corrected chi connectivity index (χ3v) is 5.39. The van der Waals surface area contributed by atoms with Gasteiger partial charge in [-0.25, -0.2) is 9.59 Å². The van der Waals surface area contributed by atoms with Gasteiger partial charge >= 0.3 is 23.9 Å². The minimum absolute atomic E-state index is 0.0186. The molecule has 8 heteroatoms. The van der Waals surface area contributed by atoms with Crippen LogP contribution in [-0.2, 0) is 23.9 Å². The Labute approximate surface area is 197 Å². The number of ether oxygens (including phenoxy) is 4. The summed E-state index contributed by atoms with van der Waals surface area (Å²) in [6, 6.07) is 14.9. The Bertz CT molecular complexity index is 1000. The molecule has 1 fully saturated rings. The first-order valence-corrected chi connectivity index (χ1v) is 11.0. The van der Waals surface area contributed by atoms with Crippen molar-refractivity contribution >= 4 is 23.9 Å². The van der Waals surface area contributed by atoms with Gasteiger partial charge in [0.1, 0.15) is 24.7 Å². The smallest absolute Gasteiger partial charge is 0.343 e. The highest BCUT2D eigenvalue weighted by Gasteiger charge is 2.32. The zero-order chi connectivity index (χ0) is 24.3. The fourth-order valence-electron chi connectivity index (χ4n) is 3.54. The maximum atomic E-state index is 12.5. The van der Waals surface area contributed by atoms with Crippen LogP contribution in [0.1, 0.15) is 36.0 Å². The normalized spacial score (nSPS) is 17.2. The van der Waals surface area contributed by atoms with E-state index in [9.17, 15) is 19.2 Å². The van der Waals surface area contributed by atoms with E-state index in [0.29, 0.717) is 42.7 Å². The first kappa shape index (κ1) is 24.7. The predicted octanol–water partition coefficient (Wildman–Crippen LogP) is 3.89. The summed E-state index contributed by atoms with van der Waals surface area (Å²) in [6.07, 6.45) is 3.07. The number of hydrogen-bond acceptors (Lipinski definition) is 8. The summed E-state index contributed by atoms with van der Waals surface area (Å²) >= 11 is 0. The number of carbonyl (C=O) groups is 4. The van der Waals surface area contributed by atoms with Gasteiger partial charge in [-0.2, -0.15) is 0 Å². The maximum absolute atomic E-state index is 12.5. The van der Waals surface area contributed by atoms with Gasteiger partial charge in [0.05, 0.1) is 17.4 Å². The van der Waals surface area contributed by atoms with Gasteiger partial charge in [0, 0.05) is 6.08 Å². The molecule has 0 N–H and O–H groups in total. The van der Waals surface area contributed by atoms with Crippen LogP contribution in [0.15, 0.2) is 67.3 Å². The largest absolute Gasteiger partial charge is 0.462 e. The van der Waals surface area contributed by atoms with E-state index in [4.69, 9.17) is 18.9 Å². The van der Waals surface area contributed by atoms with Crippen LogP contribution in [0.5, 0.6) is 11.5 Å². The molecule has 1 aliphatic carbocycles. The second kappa shape index (κ2) is 12.3. The fraction of sp³-hybridized carbons (Fsp3) is 0.308. The number of benzene rings is 2. The van der Waals surface area contributed by atoms with Crippen molar-refractivity contribution in [3.63, 3.8) is 0 Å². The lowest BCUT2D eigenvalue weighted by atomic mass is 9.82. The second-order valence-corrected chi connectivity index (χ2v) is 7.74. The Balaban J connectivity index is 1.40. The van der Waals surface area contributed by atoms with Gasteiger partial charge in [-0.05, 0) is 62.1 Å². The lowest BCUT2D eigenvalue weighted by molar-refractivity contribution is -0.155. The molecule has 1 saturated carbocycles. The van der Waals surface area contributed by atoms with Crippen LogP contribution in [0.4, 0.5) is 0 Å². The van der Waals surface area contributed by atoms with E-state index >= 15 is 0 Å². The SMILES string of the molecule is C=CC(=O)OCCOC(=O)C1CCC(C(=O)Oc2ccc(C(=O)Oc3ccccc3)cc2)CC1. The summed E-state index contributed by atoms with van der Waals surface area (Å²) < 4.78 is 20.6. The molecule has 0 radical (unpaired) electrons. The quantitative estimate of drug-likeness (QED) is 0.237. The Kier molecular flexibility index (Phi) is 8.96. The Hall–Kier alpha value is -3.94. The highest BCUT2D eigenvalue weighted by Crippen LogP contribution is 2.31. The number of rotatable bonds is 9. The summed E-state index contributed by atoms with van der Waals surface area (Å²) in [4.78, 5) is 47.8.